The van der Waals surface area contributed by atoms with E-state index in [-0.39, 0.29) is 12.0 Å². The van der Waals surface area contributed by atoms with Crippen molar-refractivity contribution in [2.24, 2.45) is 0 Å². The van der Waals surface area contributed by atoms with E-state index in [4.69, 9.17) is 0 Å². The van der Waals surface area contributed by atoms with Gasteiger partial charge < -0.3 is 0 Å². The minimum Gasteiger partial charge on any atom is -0.258 e. The van der Waals surface area contributed by atoms with E-state index in [1.54, 1.807) is 25.1 Å². The Labute approximate surface area is 59.9 Å². The number of rotatable bonds is 1. The summed E-state index contributed by atoms with van der Waals surface area (Å²) >= 11 is 0. The normalized spacial score (nSPS) is 9.30. The van der Waals surface area contributed by atoms with Crippen molar-refractivity contribution < 1.29 is 6.35 Å². The Morgan fingerprint density at radius 2 is 2.10 bits per heavy atom. The van der Waals surface area contributed by atoms with Crippen molar-refractivity contribution in [2.75, 3.05) is 0 Å². The van der Waals surface area contributed by atoms with Crippen molar-refractivity contribution in [2.45, 2.75) is 6.92 Å². The monoisotopic (exact) mass is 138 g/mol. The van der Waals surface area contributed by atoms with Gasteiger partial charge in [-0.15, -0.1) is 0 Å². The van der Waals surface area contributed by atoms with Gasteiger partial charge in [-0.3, -0.25) is 10.1 Å². The molecule has 0 aliphatic rings. The number of nitro groups is 1. The molecule has 0 N–H and O–H groups in total. The van der Waals surface area contributed by atoms with Crippen LogP contribution in [-0.2, 0) is 0 Å². The summed E-state index contributed by atoms with van der Waals surface area (Å²) in [5.74, 6) is 0. The van der Waals surface area contributed by atoms with Crippen molar-refractivity contribution >= 4 is 5.69 Å². The maximum atomic E-state index is 10.2. The highest BCUT2D eigenvalue weighted by molar-refractivity contribution is 5.38. The number of nitro benzene ring substituents is 1. The topological polar surface area (TPSA) is 43.1 Å². The highest BCUT2D eigenvalue weighted by atomic mass is 16.6. The van der Waals surface area contributed by atoms with Gasteiger partial charge in [0, 0.05) is 11.6 Å². The Morgan fingerprint density at radius 1 is 1.50 bits per heavy atom. The average molecular weight is 138 g/mol. The Morgan fingerprint density at radius 3 is 2.50 bits per heavy atom. The molecule has 0 fully saturated rings. The molecule has 0 amide bonds. The standard InChI is InChI=1S/C7H7NO2/c1-6-4-2-3-5-7(6)8(9)10/h2-5H,1H3/p+1. The van der Waals surface area contributed by atoms with Gasteiger partial charge in [0.25, 0.3) is 5.69 Å². The van der Waals surface area contributed by atoms with Crippen molar-refractivity contribution in [1.29, 1.82) is 0 Å². The van der Waals surface area contributed by atoms with Gasteiger partial charge in [0.2, 0.25) is 0 Å². The van der Waals surface area contributed by atoms with E-state index in [2.05, 4.69) is 0 Å². The molecule has 10 heavy (non-hydrogen) atoms. The quantitative estimate of drug-likeness (QED) is 0.440. The SMILES string of the molecule is Cc1ccccc1[N+](=O)[O-].[H+]. The summed E-state index contributed by atoms with van der Waals surface area (Å²) in [6.07, 6.45) is 0. The minimum absolute atomic E-state index is 0. The molecule has 3 nitrogen and oxygen atoms in total. The summed E-state index contributed by atoms with van der Waals surface area (Å²) in [7, 11) is 0. The van der Waals surface area contributed by atoms with E-state index >= 15 is 0 Å². The molecular weight excluding hydrogens is 130 g/mol. The number of nitrogens with zero attached hydrogens (tertiary/aromatic N) is 1. The lowest BCUT2D eigenvalue weighted by Crippen LogP contribution is -1.89. The van der Waals surface area contributed by atoms with Crippen LogP contribution in [0.5, 0.6) is 0 Å². The molecule has 0 saturated carbocycles. The second-order valence-electron chi connectivity index (χ2n) is 2.04. The molecule has 0 atom stereocenters. The molecule has 1 aromatic rings. The summed E-state index contributed by atoms with van der Waals surface area (Å²) in [6, 6.07) is 6.65. The second-order valence-corrected chi connectivity index (χ2v) is 2.04. The lowest BCUT2D eigenvalue weighted by Gasteiger charge is -1.92. The third-order valence-electron chi connectivity index (χ3n) is 1.31. The summed E-state index contributed by atoms with van der Waals surface area (Å²) < 4.78 is 0. The van der Waals surface area contributed by atoms with Crippen molar-refractivity contribution in [3.8, 4) is 0 Å². The Kier molecular flexibility index (Phi) is 1.67. The highest BCUT2D eigenvalue weighted by Gasteiger charge is 2.05. The Hall–Kier alpha value is -1.38. The first-order valence-electron chi connectivity index (χ1n) is 2.92. The molecule has 0 aliphatic heterocycles. The molecule has 0 saturated heterocycles. The molecule has 0 unspecified atom stereocenters. The van der Waals surface area contributed by atoms with Crippen LogP contribution < -0.4 is 0 Å². The second kappa shape index (κ2) is 2.47. The third-order valence-corrected chi connectivity index (χ3v) is 1.31. The zero-order valence-corrected chi connectivity index (χ0v) is 5.57. The van der Waals surface area contributed by atoms with E-state index in [1.807, 2.05) is 0 Å². The van der Waals surface area contributed by atoms with Crippen LogP contribution in [-0.4, -0.2) is 4.92 Å². The van der Waals surface area contributed by atoms with Crippen LogP contribution in [0.25, 0.3) is 0 Å². The predicted molar refractivity (Wildman–Crippen MR) is 38.9 cm³/mol. The smallest absolute Gasteiger partial charge is 0.258 e. The van der Waals surface area contributed by atoms with Gasteiger partial charge in [0.15, 0.2) is 0 Å². The van der Waals surface area contributed by atoms with E-state index in [0.29, 0.717) is 5.56 Å². The van der Waals surface area contributed by atoms with Gasteiger partial charge in [0.1, 0.15) is 0 Å². The van der Waals surface area contributed by atoms with E-state index < -0.39 is 0 Å². The van der Waals surface area contributed by atoms with Gasteiger partial charge in [0.05, 0.1) is 4.92 Å². The largest absolute Gasteiger partial charge is 1.00 e. The summed E-state index contributed by atoms with van der Waals surface area (Å²) in [5.41, 5.74) is 0.884. The van der Waals surface area contributed by atoms with Crippen LogP contribution >= 0.6 is 0 Å². The van der Waals surface area contributed by atoms with Crippen LogP contribution in [0.1, 0.15) is 6.99 Å². The molecule has 1 rings (SSSR count). The third kappa shape index (κ3) is 1.13. The first kappa shape index (κ1) is 6.74. The fourth-order valence-electron chi connectivity index (χ4n) is 0.768. The van der Waals surface area contributed by atoms with Crippen LogP contribution in [0, 0.1) is 17.0 Å². The van der Waals surface area contributed by atoms with E-state index in [9.17, 15) is 10.1 Å². The van der Waals surface area contributed by atoms with Gasteiger partial charge in [-0.1, -0.05) is 18.2 Å². The zero-order chi connectivity index (χ0) is 7.56. The fourth-order valence-corrected chi connectivity index (χ4v) is 0.768. The minimum atomic E-state index is -0.380. The maximum Gasteiger partial charge on any atom is 1.00 e. The lowest BCUT2D eigenvalue weighted by atomic mass is 10.2. The number of hydrogen-bond donors (Lipinski definition) is 0. The Balaban J connectivity index is 0.000001000. The van der Waals surface area contributed by atoms with E-state index in [0.717, 1.165) is 0 Å². The lowest BCUT2D eigenvalue weighted by molar-refractivity contribution is -0.385. The van der Waals surface area contributed by atoms with Gasteiger partial charge in [-0.2, -0.15) is 0 Å². The molecule has 3 heteroatoms. The molecule has 1 aromatic carbocycles. The molecule has 0 aliphatic carbocycles. The Bertz CT molecular complexity index is 262. The number of hydrogen-bond acceptors (Lipinski definition) is 2. The molecule has 0 heterocycles. The molecule has 0 aromatic heterocycles. The average Bonchev–Trinajstić information content (AvgIpc) is 1.88. The predicted octanol–water partition coefficient (Wildman–Crippen LogP) is 2.02. The van der Waals surface area contributed by atoms with Crippen LogP contribution in [0.4, 0.5) is 5.69 Å². The maximum absolute atomic E-state index is 10.2. The molecule has 0 bridgehead atoms. The van der Waals surface area contributed by atoms with Gasteiger partial charge in [-0.05, 0) is 6.92 Å². The van der Waals surface area contributed by atoms with Crippen molar-refractivity contribution in [3.63, 3.8) is 0 Å². The van der Waals surface area contributed by atoms with Crippen LogP contribution in [0.3, 0.4) is 0 Å². The van der Waals surface area contributed by atoms with Gasteiger partial charge in [-0.25, -0.2) is 0 Å². The van der Waals surface area contributed by atoms with Crippen LogP contribution in [0.15, 0.2) is 24.3 Å². The molecule has 0 radical (unpaired) electrons. The number of benzene rings is 1. The molecule has 52 valence electrons. The molecule has 0 spiro atoms. The number of aryl methyl sites for hydroxylation is 1. The first-order chi connectivity index (χ1) is 4.72. The van der Waals surface area contributed by atoms with Crippen LogP contribution in [0.2, 0.25) is 0 Å². The number of para-hydroxylation sites is 1. The summed E-state index contributed by atoms with van der Waals surface area (Å²) in [4.78, 5) is 9.85. The molecular formula is C7H8NO2+. The van der Waals surface area contributed by atoms with Crippen molar-refractivity contribution in [3.05, 3.63) is 39.9 Å². The summed E-state index contributed by atoms with van der Waals surface area (Å²) in [5, 5.41) is 10.2. The highest BCUT2D eigenvalue weighted by Crippen LogP contribution is 2.14. The van der Waals surface area contributed by atoms with Crippen molar-refractivity contribution in [1.82, 2.24) is 0 Å². The van der Waals surface area contributed by atoms with Gasteiger partial charge >= 0.3 is 1.43 Å². The fraction of sp³-hybridized carbons (Fsp3) is 0.143. The summed E-state index contributed by atoms with van der Waals surface area (Å²) in [6.45, 7) is 1.72. The van der Waals surface area contributed by atoms with E-state index in [1.165, 1.54) is 6.07 Å². The first-order valence-corrected chi connectivity index (χ1v) is 2.92. The zero-order valence-electron chi connectivity index (χ0n) is 6.57.